The molecule has 0 spiro atoms. The molecule has 5 heteroatoms. The zero-order valence-corrected chi connectivity index (χ0v) is 9.31. The Labute approximate surface area is 98.5 Å². The molecule has 1 saturated carbocycles. The monoisotopic (exact) mass is 232 g/mol. The first-order valence-corrected chi connectivity index (χ1v) is 5.69. The lowest BCUT2D eigenvalue weighted by Crippen LogP contribution is -2.06. The maximum atomic E-state index is 12.6. The predicted octanol–water partition coefficient (Wildman–Crippen LogP) is 2.36. The molecule has 2 heterocycles. The Kier molecular flexibility index (Phi) is 2.51. The topological polar surface area (TPSA) is 42.7 Å². The van der Waals surface area contributed by atoms with Gasteiger partial charge in [-0.15, -0.1) is 0 Å². The van der Waals surface area contributed by atoms with E-state index in [1.54, 1.807) is 6.07 Å². The summed E-state index contributed by atoms with van der Waals surface area (Å²) in [7, 11) is 0. The average molecular weight is 232 g/mol. The molecule has 0 saturated heterocycles. The normalized spacial score (nSPS) is 14.9. The van der Waals surface area contributed by atoms with Crippen LogP contribution in [-0.4, -0.2) is 14.5 Å². The maximum Gasteiger partial charge on any atom is 0.212 e. The summed E-state index contributed by atoms with van der Waals surface area (Å²) in [6, 6.07) is 3.65. The van der Waals surface area contributed by atoms with Crippen molar-refractivity contribution in [3.05, 3.63) is 42.5 Å². The van der Waals surface area contributed by atoms with Gasteiger partial charge in [0.2, 0.25) is 5.95 Å². The van der Waals surface area contributed by atoms with Crippen molar-refractivity contribution in [2.75, 3.05) is 5.32 Å². The molecule has 0 bridgehead atoms. The number of imidazole rings is 1. The SMILES string of the molecule is Fc1ccc(NCc2cncn2C2CC2)cn1. The second-order valence-corrected chi connectivity index (χ2v) is 4.25. The Hall–Kier alpha value is -1.91. The molecule has 0 aromatic carbocycles. The molecule has 1 aliphatic rings. The molecule has 0 aliphatic heterocycles. The van der Waals surface area contributed by atoms with Gasteiger partial charge in [0.25, 0.3) is 0 Å². The fraction of sp³-hybridized carbons (Fsp3) is 0.333. The van der Waals surface area contributed by atoms with Gasteiger partial charge in [0.1, 0.15) is 0 Å². The Morgan fingerprint density at radius 2 is 2.24 bits per heavy atom. The van der Waals surface area contributed by atoms with Crippen LogP contribution in [0.5, 0.6) is 0 Å². The van der Waals surface area contributed by atoms with E-state index in [2.05, 4.69) is 19.9 Å². The number of hydrogen-bond donors (Lipinski definition) is 1. The van der Waals surface area contributed by atoms with Crippen LogP contribution >= 0.6 is 0 Å². The highest BCUT2D eigenvalue weighted by atomic mass is 19.1. The van der Waals surface area contributed by atoms with Gasteiger partial charge < -0.3 is 9.88 Å². The van der Waals surface area contributed by atoms with Gasteiger partial charge in [-0.3, -0.25) is 0 Å². The van der Waals surface area contributed by atoms with Crippen molar-refractivity contribution in [3.63, 3.8) is 0 Å². The van der Waals surface area contributed by atoms with Crippen LogP contribution in [0.1, 0.15) is 24.6 Å². The number of nitrogens with zero attached hydrogens (tertiary/aromatic N) is 3. The molecule has 17 heavy (non-hydrogen) atoms. The summed E-state index contributed by atoms with van der Waals surface area (Å²) in [5.41, 5.74) is 1.96. The highest BCUT2D eigenvalue weighted by Gasteiger charge is 2.24. The summed E-state index contributed by atoms with van der Waals surface area (Å²) in [4.78, 5) is 7.75. The molecule has 88 valence electrons. The first kappa shape index (κ1) is 10.3. The van der Waals surface area contributed by atoms with Gasteiger partial charge in [-0.1, -0.05) is 0 Å². The Morgan fingerprint density at radius 1 is 1.35 bits per heavy atom. The average Bonchev–Trinajstić information content (AvgIpc) is 3.08. The third-order valence-electron chi connectivity index (χ3n) is 2.89. The summed E-state index contributed by atoms with van der Waals surface area (Å²) in [6.45, 7) is 0.684. The van der Waals surface area contributed by atoms with Crippen molar-refractivity contribution in [3.8, 4) is 0 Å². The summed E-state index contributed by atoms with van der Waals surface area (Å²) in [6.07, 6.45) is 7.70. The van der Waals surface area contributed by atoms with E-state index in [4.69, 9.17) is 0 Å². The zero-order chi connectivity index (χ0) is 11.7. The highest BCUT2D eigenvalue weighted by molar-refractivity contribution is 5.40. The standard InChI is InChI=1S/C12H13FN4/c13-12-4-1-9(5-16-12)15-7-11-6-14-8-17(11)10-2-3-10/h1,4-6,8,10,15H,2-3,7H2. The van der Waals surface area contributed by atoms with Crippen molar-refractivity contribution in [2.45, 2.75) is 25.4 Å². The fourth-order valence-electron chi connectivity index (χ4n) is 1.82. The molecule has 1 N–H and O–H groups in total. The third kappa shape index (κ3) is 2.27. The van der Waals surface area contributed by atoms with E-state index in [1.165, 1.54) is 25.1 Å². The minimum Gasteiger partial charge on any atom is -0.378 e. The highest BCUT2D eigenvalue weighted by Crippen LogP contribution is 2.35. The lowest BCUT2D eigenvalue weighted by atomic mass is 10.4. The van der Waals surface area contributed by atoms with Crippen LogP contribution in [0.25, 0.3) is 0 Å². The Bertz CT molecular complexity index is 501. The minimum atomic E-state index is -0.460. The molecule has 1 fully saturated rings. The summed E-state index contributed by atoms with van der Waals surface area (Å²) in [5, 5.41) is 3.21. The summed E-state index contributed by atoms with van der Waals surface area (Å²) >= 11 is 0. The van der Waals surface area contributed by atoms with Crippen molar-refractivity contribution < 1.29 is 4.39 Å². The van der Waals surface area contributed by atoms with E-state index in [-0.39, 0.29) is 0 Å². The van der Waals surface area contributed by atoms with Crippen molar-refractivity contribution in [1.82, 2.24) is 14.5 Å². The lowest BCUT2D eigenvalue weighted by Gasteiger charge is -2.08. The number of hydrogen-bond acceptors (Lipinski definition) is 3. The van der Waals surface area contributed by atoms with Crippen molar-refractivity contribution in [2.24, 2.45) is 0 Å². The van der Waals surface area contributed by atoms with Crippen LogP contribution < -0.4 is 5.32 Å². The predicted molar refractivity (Wildman–Crippen MR) is 62.0 cm³/mol. The number of nitrogens with one attached hydrogen (secondary N) is 1. The molecule has 0 atom stereocenters. The van der Waals surface area contributed by atoms with Gasteiger partial charge >= 0.3 is 0 Å². The number of aromatic nitrogens is 3. The van der Waals surface area contributed by atoms with Crippen molar-refractivity contribution >= 4 is 5.69 Å². The largest absolute Gasteiger partial charge is 0.378 e. The second kappa shape index (κ2) is 4.16. The molecule has 0 radical (unpaired) electrons. The quantitative estimate of drug-likeness (QED) is 0.823. The fourth-order valence-corrected chi connectivity index (χ4v) is 1.82. The molecule has 2 aromatic heterocycles. The molecule has 1 aliphatic carbocycles. The van der Waals surface area contributed by atoms with Gasteiger partial charge in [-0.25, -0.2) is 9.97 Å². The van der Waals surface area contributed by atoms with Crippen LogP contribution in [0, 0.1) is 5.95 Å². The number of pyridine rings is 1. The number of rotatable bonds is 4. The third-order valence-corrected chi connectivity index (χ3v) is 2.89. The summed E-state index contributed by atoms with van der Waals surface area (Å²) < 4.78 is 14.8. The molecule has 0 unspecified atom stereocenters. The van der Waals surface area contributed by atoms with E-state index >= 15 is 0 Å². The second-order valence-electron chi connectivity index (χ2n) is 4.25. The molecular weight excluding hydrogens is 219 g/mol. The van der Waals surface area contributed by atoms with E-state index in [0.717, 1.165) is 11.4 Å². The first-order chi connectivity index (χ1) is 8.33. The number of halogens is 1. The van der Waals surface area contributed by atoms with Gasteiger partial charge in [-0.2, -0.15) is 4.39 Å². The Morgan fingerprint density at radius 3 is 2.94 bits per heavy atom. The molecular formula is C12H13FN4. The number of anilines is 1. The van der Waals surface area contributed by atoms with Crippen LogP contribution in [0.2, 0.25) is 0 Å². The molecule has 4 nitrogen and oxygen atoms in total. The lowest BCUT2D eigenvalue weighted by molar-refractivity contribution is 0.584. The van der Waals surface area contributed by atoms with Gasteiger partial charge in [0.15, 0.2) is 0 Å². The minimum absolute atomic E-state index is 0.460. The van der Waals surface area contributed by atoms with Gasteiger partial charge in [-0.05, 0) is 25.0 Å². The summed E-state index contributed by atoms with van der Waals surface area (Å²) in [5.74, 6) is -0.460. The van der Waals surface area contributed by atoms with Crippen LogP contribution in [0.3, 0.4) is 0 Å². The maximum absolute atomic E-state index is 12.6. The van der Waals surface area contributed by atoms with E-state index in [1.807, 2.05) is 12.5 Å². The van der Waals surface area contributed by atoms with E-state index < -0.39 is 5.95 Å². The van der Waals surface area contributed by atoms with Crippen molar-refractivity contribution in [1.29, 1.82) is 0 Å². The molecule has 2 aromatic rings. The van der Waals surface area contributed by atoms with Gasteiger partial charge in [0, 0.05) is 12.2 Å². The van der Waals surface area contributed by atoms with E-state index in [0.29, 0.717) is 12.6 Å². The van der Waals surface area contributed by atoms with E-state index in [9.17, 15) is 4.39 Å². The molecule has 0 amide bonds. The zero-order valence-electron chi connectivity index (χ0n) is 9.31. The molecule has 3 rings (SSSR count). The van der Waals surface area contributed by atoms with Crippen LogP contribution in [0.4, 0.5) is 10.1 Å². The Balaban J connectivity index is 1.67. The van der Waals surface area contributed by atoms with Crippen LogP contribution in [0.15, 0.2) is 30.9 Å². The smallest absolute Gasteiger partial charge is 0.212 e. The van der Waals surface area contributed by atoms with Gasteiger partial charge in [0.05, 0.1) is 30.5 Å². The van der Waals surface area contributed by atoms with Crippen LogP contribution in [-0.2, 0) is 6.54 Å². The first-order valence-electron chi connectivity index (χ1n) is 5.69.